The van der Waals surface area contributed by atoms with Crippen molar-refractivity contribution in [1.82, 2.24) is 34.6 Å². The Morgan fingerprint density at radius 1 is 0.919 bits per heavy atom. The van der Waals surface area contributed by atoms with Gasteiger partial charge in [-0.25, -0.2) is 10.5 Å². The molecular weight excluding hydrogens is 865 g/mol. The number of aromatic nitrogens is 7. The largest absolute Gasteiger partial charge is 0.493 e. The summed E-state index contributed by atoms with van der Waals surface area (Å²) < 4.78 is 16.2. The van der Waals surface area contributed by atoms with Crippen LogP contribution < -0.4 is 31.4 Å². The first-order valence-corrected chi connectivity index (χ1v) is 20.3. The maximum absolute atomic E-state index is 11.4. The van der Waals surface area contributed by atoms with E-state index in [1.54, 1.807) is 43.3 Å². The molecule has 4 aromatic carbocycles. The Morgan fingerprint density at radius 2 is 1.65 bits per heavy atom. The molecule has 0 saturated heterocycles. The molecule has 0 atom stereocenters. The monoisotopic (exact) mass is 908 g/mol. The van der Waals surface area contributed by atoms with Gasteiger partial charge in [-0.15, -0.1) is 16.4 Å². The minimum atomic E-state index is -0.238. The molecule has 0 aliphatic carbocycles. The first-order valence-electron chi connectivity index (χ1n) is 18.3. The Morgan fingerprint density at radius 3 is 2.23 bits per heavy atom. The number of nitrogens with one attached hydrogen (secondary N) is 6. The molecule has 0 aliphatic rings. The third-order valence-corrected chi connectivity index (χ3v) is 9.60. The van der Waals surface area contributed by atoms with Gasteiger partial charge in [-0.05, 0) is 128 Å². The molecule has 0 fully saturated rings. The van der Waals surface area contributed by atoms with Crippen molar-refractivity contribution >= 4 is 99.6 Å². The second-order valence-electron chi connectivity index (χ2n) is 12.3. The molecule has 0 saturated carbocycles. The van der Waals surface area contributed by atoms with Gasteiger partial charge in [-0.1, -0.05) is 56.1 Å². The van der Waals surface area contributed by atoms with Crippen LogP contribution in [-0.2, 0) is 9.59 Å². The van der Waals surface area contributed by atoms with Crippen molar-refractivity contribution in [2.75, 3.05) is 35.6 Å². The van der Waals surface area contributed by atoms with Crippen molar-refractivity contribution < 1.29 is 19.1 Å². The lowest BCUT2D eigenvalue weighted by Gasteiger charge is -2.09. The molecule has 320 valence electrons. The quantitative estimate of drug-likeness (QED) is 0.0202. The average Bonchev–Trinajstić information content (AvgIpc) is 3.98. The second kappa shape index (κ2) is 24.1. The van der Waals surface area contributed by atoms with Crippen LogP contribution in [0, 0.1) is 13.5 Å². The summed E-state index contributed by atoms with van der Waals surface area (Å²) in [6, 6.07) is 28.4. The molecular formula is C42H44N12O4S4. The van der Waals surface area contributed by atoms with E-state index in [4.69, 9.17) is 52.0 Å². The minimum Gasteiger partial charge on any atom is -0.493 e. The van der Waals surface area contributed by atoms with Crippen LogP contribution in [0.1, 0.15) is 25.0 Å². The van der Waals surface area contributed by atoms with Crippen molar-refractivity contribution in [1.29, 1.82) is 0 Å². The number of amides is 2. The number of hydrogen-bond acceptors (Lipinski definition) is 13. The zero-order valence-electron chi connectivity index (χ0n) is 33.9. The summed E-state index contributed by atoms with van der Waals surface area (Å²) in [4.78, 5) is 25.6. The summed E-state index contributed by atoms with van der Waals surface area (Å²) in [5.41, 5.74) is 8.50. The number of aromatic amines is 3. The minimum absolute atomic E-state index is 0.168. The topological polar surface area (TPSA) is 210 Å². The average molecular weight is 909 g/mol. The molecule has 20 heteroatoms. The molecule has 3 heterocycles. The standard InChI is InChI=1S/C12H16N6O2S.C11H10N4OS.C11H10N2OS2.C8H8/c1-3-20-9-5-4-8(6-10(9)19-2)7-14-15-11-16-17-12(21)18(11)13;1-2-10(16)13-8-3-5-9(6-4-8)15-7-12-14-11(15)17;1-6(2)10(14)12-7-3-4-8-9(5-7)16-11(15)13-8;1-2-8-6-4-3-5-7-8/h4-7H,3,13H2,1-2H3,(H,15,16)(H,17,21);2-7H,1H2,(H,13,16)(H,14,17);3-5H,1H2,2H3,(H,12,14)(H,13,15);2-7H,1H2. The summed E-state index contributed by atoms with van der Waals surface area (Å²) >= 11 is 16.5. The van der Waals surface area contributed by atoms with Crippen LogP contribution in [0.2, 0.25) is 0 Å². The van der Waals surface area contributed by atoms with Crippen molar-refractivity contribution in [3.8, 4) is 17.2 Å². The number of carbonyl (C=O) groups is 2. The van der Waals surface area contributed by atoms with E-state index in [9.17, 15) is 9.59 Å². The second-order valence-corrected chi connectivity index (χ2v) is 14.8. The fraction of sp³-hybridized carbons (Fsp3) is 0.0952. The number of anilines is 3. The van der Waals surface area contributed by atoms with E-state index in [0.717, 1.165) is 31.1 Å². The molecule has 8 N–H and O–H groups in total. The molecule has 0 radical (unpaired) electrons. The fourth-order valence-corrected chi connectivity index (χ4v) is 6.26. The SMILES string of the molecule is C=C(C)C(=O)Nc1ccc2[nH]c(=S)sc2c1.C=CC(=O)Nc1ccc(-n2cn[nH]c2=S)cc1.C=Cc1ccccc1.CCOc1ccc(C=NNc2n[nH]c(=S)n2N)cc1OC. The highest BCUT2D eigenvalue weighted by Crippen LogP contribution is 2.27. The number of nitrogens with zero attached hydrogens (tertiary/aromatic N) is 5. The van der Waals surface area contributed by atoms with Crippen LogP contribution in [0.3, 0.4) is 0 Å². The number of benzene rings is 4. The predicted octanol–water partition coefficient (Wildman–Crippen LogP) is 9.37. The predicted molar refractivity (Wildman–Crippen MR) is 258 cm³/mol. The molecule has 7 rings (SSSR count). The Hall–Kier alpha value is -7.26. The first kappa shape index (κ1) is 47.4. The number of ether oxygens (including phenoxy) is 2. The van der Waals surface area contributed by atoms with E-state index in [1.165, 1.54) is 27.7 Å². The van der Waals surface area contributed by atoms with Crippen molar-refractivity contribution in [2.24, 2.45) is 5.10 Å². The lowest BCUT2D eigenvalue weighted by atomic mass is 10.2. The van der Waals surface area contributed by atoms with Gasteiger partial charge in [0, 0.05) is 22.6 Å². The van der Waals surface area contributed by atoms with E-state index < -0.39 is 0 Å². The Bertz CT molecular complexity index is 2820. The third kappa shape index (κ3) is 14.5. The number of fused-ring (bicyclic) bond motifs is 1. The fourth-order valence-electron chi connectivity index (χ4n) is 4.77. The van der Waals surface area contributed by atoms with Crippen LogP contribution in [0.25, 0.3) is 22.0 Å². The number of H-pyrrole nitrogens is 3. The summed E-state index contributed by atoms with van der Waals surface area (Å²) in [5.74, 6) is 6.86. The van der Waals surface area contributed by atoms with Gasteiger partial charge >= 0.3 is 0 Å². The molecule has 3 aromatic heterocycles. The normalized spacial score (nSPS) is 10.1. The highest BCUT2D eigenvalue weighted by molar-refractivity contribution is 7.73. The maximum atomic E-state index is 11.4. The number of nitrogens with two attached hydrogens (primary N) is 1. The van der Waals surface area contributed by atoms with Crippen molar-refractivity contribution in [3.63, 3.8) is 0 Å². The summed E-state index contributed by atoms with van der Waals surface area (Å²) in [6.45, 7) is 14.8. The number of hydrogen-bond donors (Lipinski definition) is 7. The van der Waals surface area contributed by atoms with E-state index in [1.807, 2.05) is 91.9 Å². The van der Waals surface area contributed by atoms with Gasteiger partial charge in [0.1, 0.15) is 6.33 Å². The van der Waals surface area contributed by atoms with Gasteiger partial charge in [0.05, 0.1) is 30.1 Å². The van der Waals surface area contributed by atoms with E-state index in [-0.39, 0.29) is 11.8 Å². The van der Waals surface area contributed by atoms with Crippen molar-refractivity contribution in [2.45, 2.75) is 13.8 Å². The van der Waals surface area contributed by atoms with Crippen LogP contribution in [0.5, 0.6) is 11.5 Å². The van der Waals surface area contributed by atoms with Gasteiger partial charge in [0.15, 0.2) is 20.2 Å². The number of rotatable bonds is 12. The Labute approximate surface area is 376 Å². The number of carbonyl (C=O) groups excluding carboxylic acids is 2. The number of nitrogen functional groups attached to an aromatic ring is 1. The lowest BCUT2D eigenvalue weighted by molar-refractivity contribution is -0.113. The van der Waals surface area contributed by atoms with Gasteiger partial charge in [-0.3, -0.25) is 19.3 Å². The Kier molecular flexibility index (Phi) is 18.4. The third-order valence-electron chi connectivity index (χ3n) is 7.82. The summed E-state index contributed by atoms with van der Waals surface area (Å²) in [5, 5.41) is 22.4. The van der Waals surface area contributed by atoms with Gasteiger partial charge in [-0.2, -0.15) is 14.9 Å². The molecule has 0 unspecified atom stereocenters. The van der Waals surface area contributed by atoms with Crippen LogP contribution in [0.15, 0.2) is 134 Å². The zero-order valence-corrected chi connectivity index (χ0v) is 37.1. The lowest BCUT2D eigenvalue weighted by Crippen LogP contribution is -2.11. The molecule has 7 aromatic rings. The first-order chi connectivity index (χ1) is 29.8. The summed E-state index contributed by atoms with van der Waals surface area (Å²) in [7, 11) is 1.59. The van der Waals surface area contributed by atoms with Crippen LogP contribution in [0.4, 0.5) is 17.3 Å². The summed E-state index contributed by atoms with van der Waals surface area (Å²) in [6.07, 6.45) is 6.26. The van der Waals surface area contributed by atoms with E-state index >= 15 is 0 Å². The van der Waals surface area contributed by atoms with Crippen LogP contribution in [-0.4, -0.2) is 66.4 Å². The molecule has 0 aliphatic heterocycles. The van der Waals surface area contributed by atoms with Gasteiger partial charge < -0.3 is 30.9 Å². The smallest absolute Gasteiger partial charge is 0.262 e. The molecule has 2 amide bonds. The Balaban J connectivity index is 0.000000189. The molecule has 16 nitrogen and oxygen atoms in total. The highest BCUT2D eigenvalue weighted by Gasteiger charge is 2.06. The molecule has 0 bridgehead atoms. The number of thiazole rings is 1. The van der Waals surface area contributed by atoms with Crippen molar-refractivity contribution in [3.05, 3.63) is 153 Å². The van der Waals surface area contributed by atoms with Gasteiger partial charge in [0.2, 0.25) is 10.7 Å². The number of hydrazone groups is 1. The van der Waals surface area contributed by atoms with E-state index in [2.05, 4.69) is 66.3 Å². The molecule has 0 spiro atoms. The van der Waals surface area contributed by atoms with Crippen LogP contribution >= 0.6 is 48.0 Å². The molecule has 62 heavy (non-hydrogen) atoms. The van der Waals surface area contributed by atoms with E-state index in [0.29, 0.717) is 44.9 Å². The van der Waals surface area contributed by atoms with Gasteiger partial charge in [0.25, 0.3) is 11.9 Å². The maximum Gasteiger partial charge on any atom is 0.262 e. The number of methoxy groups -OCH3 is 1. The zero-order chi connectivity index (χ0) is 45.0. The highest BCUT2D eigenvalue weighted by atomic mass is 32.1.